The summed E-state index contributed by atoms with van der Waals surface area (Å²) in [6, 6.07) is 9.28. The lowest BCUT2D eigenvalue weighted by atomic mass is 10.1. The van der Waals surface area contributed by atoms with Gasteiger partial charge in [-0.2, -0.15) is 11.3 Å². The van der Waals surface area contributed by atoms with Crippen molar-refractivity contribution in [2.75, 3.05) is 11.9 Å². The Morgan fingerprint density at radius 2 is 2.00 bits per heavy atom. The van der Waals surface area contributed by atoms with Crippen molar-refractivity contribution in [2.24, 2.45) is 0 Å². The third-order valence-corrected chi connectivity index (χ3v) is 3.08. The van der Waals surface area contributed by atoms with E-state index in [1.165, 1.54) is 11.3 Å². The summed E-state index contributed by atoms with van der Waals surface area (Å²) in [5, 5.41) is 15.3. The lowest BCUT2D eigenvalue weighted by Gasteiger charge is -2.04. The Morgan fingerprint density at radius 1 is 1.24 bits per heavy atom. The minimum absolute atomic E-state index is 0.0961. The molecule has 0 radical (unpaired) electrons. The number of benzene rings is 1. The maximum atomic E-state index is 11.7. The van der Waals surface area contributed by atoms with E-state index in [2.05, 4.69) is 5.32 Å². The molecule has 0 saturated heterocycles. The quantitative estimate of drug-likeness (QED) is 0.872. The zero-order valence-electron chi connectivity index (χ0n) is 9.22. The van der Waals surface area contributed by atoms with Gasteiger partial charge >= 0.3 is 0 Å². The predicted molar refractivity (Wildman–Crippen MR) is 69.5 cm³/mol. The SMILES string of the molecule is O=C(Nc1ccc(CCO)cc1)c1ccsc1. The zero-order chi connectivity index (χ0) is 12.1. The van der Waals surface area contributed by atoms with Gasteiger partial charge in [-0.15, -0.1) is 0 Å². The first-order valence-corrected chi connectivity index (χ1v) is 6.27. The molecule has 0 aliphatic rings. The van der Waals surface area contributed by atoms with E-state index in [1.54, 1.807) is 6.07 Å². The molecule has 0 atom stereocenters. The van der Waals surface area contributed by atoms with Crippen molar-refractivity contribution in [3.05, 3.63) is 52.2 Å². The summed E-state index contributed by atoms with van der Waals surface area (Å²) in [6.45, 7) is 0.139. The molecule has 0 aliphatic carbocycles. The highest BCUT2D eigenvalue weighted by Gasteiger charge is 2.05. The summed E-state index contributed by atoms with van der Waals surface area (Å²) >= 11 is 1.50. The second kappa shape index (κ2) is 5.61. The standard InChI is InChI=1S/C13H13NO2S/c15-7-5-10-1-3-12(4-2-10)14-13(16)11-6-8-17-9-11/h1-4,6,8-9,15H,5,7H2,(H,14,16). The van der Waals surface area contributed by atoms with E-state index >= 15 is 0 Å². The molecule has 2 rings (SSSR count). The highest BCUT2D eigenvalue weighted by molar-refractivity contribution is 7.08. The van der Waals surface area contributed by atoms with Crippen LogP contribution in [0.3, 0.4) is 0 Å². The Labute approximate surface area is 104 Å². The summed E-state index contributed by atoms with van der Waals surface area (Å²) in [5.74, 6) is -0.0961. The van der Waals surface area contributed by atoms with E-state index in [0.29, 0.717) is 12.0 Å². The molecule has 17 heavy (non-hydrogen) atoms. The average molecular weight is 247 g/mol. The lowest BCUT2D eigenvalue weighted by Crippen LogP contribution is -2.10. The van der Waals surface area contributed by atoms with Gasteiger partial charge < -0.3 is 10.4 Å². The summed E-state index contributed by atoms with van der Waals surface area (Å²) in [4.78, 5) is 11.7. The Hall–Kier alpha value is -1.65. The Morgan fingerprint density at radius 3 is 2.59 bits per heavy atom. The second-order valence-corrected chi connectivity index (χ2v) is 4.42. The molecule has 1 amide bonds. The summed E-state index contributed by atoms with van der Waals surface area (Å²) in [7, 11) is 0. The topological polar surface area (TPSA) is 49.3 Å². The number of aliphatic hydroxyl groups excluding tert-OH is 1. The van der Waals surface area contributed by atoms with Crippen LogP contribution >= 0.6 is 11.3 Å². The van der Waals surface area contributed by atoms with Crippen LogP contribution in [0.2, 0.25) is 0 Å². The van der Waals surface area contributed by atoms with Crippen LogP contribution in [0, 0.1) is 0 Å². The molecule has 4 heteroatoms. The van der Waals surface area contributed by atoms with Crippen LogP contribution in [-0.2, 0) is 6.42 Å². The summed E-state index contributed by atoms with van der Waals surface area (Å²) in [6.07, 6.45) is 0.638. The van der Waals surface area contributed by atoms with Crippen LogP contribution in [0.5, 0.6) is 0 Å². The molecule has 2 aromatic rings. The first-order chi connectivity index (χ1) is 8.29. The molecular weight excluding hydrogens is 234 g/mol. The van der Waals surface area contributed by atoms with Crippen molar-refractivity contribution in [3.8, 4) is 0 Å². The van der Waals surface area contributed by atoms with Crippen LogP contribution in [0.4, 0.5) is 5.69 Å². The fraction of sp³-hybridized carbons (Fsp3) is 0.154. The van der Waals surface area contributed by atoms with Crippen molar-refractivity contribution in [1.82, 2.24) is 0 Å². The highest BCUT2D eigenvalue weighted by Crippen LogP contribution is 2.13. The summed E-state index contributed by atoms with van der Waals surface area (Å²) in [5.41, 5.74) is 2.50. The smallest absolute Gasteiger partial charge is 0.256 e. The minimum Gasteiger partial charge on any atom is -0.396 e. The zero-order valence-corrected chi connectivity index (χ0v) is 10.0. The molecule has 88 valence electrons. The van der Waals surface area contributed by atoms with Gasteiger partial charge in [0.2, 0.25) is 0 Å². The minimum atomic E-state index is -0.0961. The first-order valence-electron chi connectivity index (χ1n) is 5.33. The largest absolute Gasteiger partial charge is 0.396 e. The number of nitrogens with one attached hydrogen (secondary N) is 1. The number of hydrogen-bond acceptors (Lipinski definition) is 3. The number of carbonyl (C=O) groups excluding carboxylic acids is 1. The van der Waals surface area contributed by atoms with Crippen molar-refractivity contribution in [2.45, 2.75) is 6.42 Å². The molecule has 0 bridgehead atoms. The second-order valence-electron chi connectivity index (χ2n) is 3.64. The highest BCUT2D eigenvalue weighted by atomic mass is 32.1. The number of aliphatic hydroxyl groups is 1. The molecule has 1 heterocycles. The Bertz CT molecular complexity index is 477. The number of rotatable bonds is 4. The van der Waals surface area contributed by atoms with E-state index in [9.17, 15) is 4.79 Å². The van der Waals surface area contributed by atoms with E-state index in [0.717, 1.165) is 11.3 Å². The van der Waals surface area contributed by atoms with Crippen molar-refractivity contribution in [3.63, 3.8) is 0 Å². The lowest BCUT2D eigenvalue weighted by molar-refractivity contribution is 0.102. The van der Waals surface area contributed by atoms with Crippen molar-refractivity contribution in [1.29, 1.82) is 0 Å². The Kier molecular flexibility index (Phi) is 3.90. The number of amides is 1. The maximum Gasteiger partial charge on any atom is 0.256 e. The molecule has 1 aromatic heterocycles. The van der Waals surface area contributed by atoms with Gasteiger partial charge in [0.25, 0.3) is 5.91 Å². The van der Waals surface area contributed by atoms with Gasteiger partial charge in [-0.05, 0) is 35.6 Å². The normalized spacial score (nSPS) is 10.2. The number of carbonyl (C=O) groups is 1. The maximum absolute atomic E-state index is 11.7. The van der Waals surface area contributed by atoms with Crippen molar-refractivity contribution >= 4 is 22.9 Å². The molecule has 0 saturated carbocycles. The van der Waals surface area contributed by atoms with E-state index in [4.69, 9.17) is 5.11 Å². The average Bonchev–Trinajstić information content (AvgIpc) is 2.86. The number of hydrogen-bond donors (Lipinski definition) is 2. The fourth-order valence-corrected chi connectivity index (χ4v) is 2.12. The Balaban J connectivity index is 2.01. The molecule has 2 N–H and O–H groups in total. The third-order valence-electron chi connectivity index (χ3n) is 2.40. The van der Waals surface area contributed by atoms with E-state index < -0.39 is 0 Å². The third kappa shape index (κ3) is 3.15. The molecule has 0 spiro atoms. The van der Waals surface area contributed by atoms with Crippen LogP contribution in [0.15, 0.2) is 41.1 Å². The van der Waals surface area contributed by atoms with Crippen LogP contribution in [-0.4, -0.2) is 17.6 Å². The predicted octanol–water partition coefficient (Wildman–Crippen LogP) is 2.54. The fourth-order valence-electron chi connectivity index (χ4n) is 1.48. The van der Waals surface area contributed by atoms with Gasteiger partial charge in [-0.25, -0.2) is 0 Å². The molecule has 0 aliphatic heterocycles. The number of anilines is 1. The molecule has 3 nitrogen and oxygen atoms in total. The summed E-state index contributed by atoms with van der Waals surface area (Å²) < 4.78 is 0. The van der Waals surface area contributed by atoms with E-state index in [-0.39, 0.29) is 12.5 Å². The van der Waals surface area contributed by atoms with Crippen LogP contribution in [0.1, 0.15) is 15.9 Å². The molecular formula is C13H13NO2S. The first kappa shape index (κ1) is 11.8. The molecule has 0 fully saturated rings. The molecule has 0 unspecified atom stereocenters. The van der Waals surface area contributed by atoms with Crippen LogP contribution < -0.4 is 5.32 Å². The van der Waals surface area contributed by atoms with Crippen molar-refractivity contribution < 1.29 is 9.90 Å². The molecule has 1 aromatic carbocycles. The van der Waals surface area contributed by atoms with E-state index in [1.807, 2.05) is 35.0 Å². The van der Waals surface area contributed by atoms with Gasteiger partial charge in [-0.1, -0.05) is 12.1 Å². The van der Waals surface area contributed by atoms with Gasteiger partial charge in [-0.3, -0.25) is 4.79 Å². The number of thiophene rings is 1. The monoisotopic (exact) mass is 247 g/mol. The van der Waals surface area contributed by atoms with Gasteiger partial charge in [0.05, 0.1) is 5.56 Å². The van der Waals surface area contributed by atoms with Crippen LogP contribution in [0.25, 0.3) is 0 Å². The van der Waals surface area contributed by atoms with Gasteiger partial charge in [0.15, 0.2) is 0 Å². The van der Waals surface area contributed by atoms with Gasteiger partial charge in [0, 0.05) is 17.7 Å². The van der Waals surface area contributed by atoms with Gasteiger partial charge in [0.1, 0.15) is 0 Å².